The van der Waals surface area contributed by atoms with E-state index in [-0.39, 0.29) is 12.3 Å². The number of rotatable bonds is 7. The first-order valence-electron chi connectivity index (χ1n) is 8.05. The lowest BCUT2D eigenvalue weighted by atomic mass is 9.95. The fourth-order valence-corrected chi connectivity index (χ4v) is 2.63. The van der Waals surface area contributed by atoms with Crippen molar-refractivity contribution in [2.75, 3.05) is 6.61 Å². The zero-order chi connectivity index (χ0) is 20.1. The van der Waals surface area contributed by atoms with E-state index in [0.717, 1.165) is 0 Å². The molecule has 0 N–H and O–H groups in total. The number of hydrogen-bond acceptors (Lipinski definition) is 4. The van der Waals surface area contributed by atoms with Crippen molar-refractivity contribution in [1.29, 1.82) is 0 Å². The topological polar surface area (TPSA) is 73.6 Å². The number of halogens is 3. The Bertz CT molecular complexity index is 678. The highest BCUT2D eigenvalue weighted by Gasteiger charge is 2.42. The fraction of sp³-hybridized carbons (Fsp3) is 0.688. The molecule has 0 saturated carbocycles. The maximum Gasteiger partial charge on any atom is 0.392 e. The maximum atomic E-state index is 13.4. The monoisotopic (exact) mass is 395 g/mol. The van der Waals surface area contributed by atoms with Crippen LogP contribution < -0.4 is 0 Å². The highest BCUT2D eigenvalue weighted by atomic mass is 32.2. The Labute approximate surface area is 153 Å². The largest absolute Gasteiger partial charge is 0.466 e. The number of aryl methyl sites for hydroxylation is 1. The van der Waals surface area contributed by atoms with E-state index in [1.165, 1.54) is 24.0 Å². The summed E-state index contributed by atoms with van der Waals surface area (Å²) in [6.07, 6.45) is -3.18. The summed E-state index contributed by atoms with van der Waals surface area (Å²) in [7, 11) is -0.138. The Morgan fingerprint density at radius 1 is 1.35 bits per heavy atom. The molecule has 0 amide bonds. The van der Waals surface area contributed by atoms with Crippen LogP contribution in [-0.4, -0.2) is 43.2 Å². The number of carbonyl (C=O) groups excluding carboxylic acids is 1. The molecule has 0 spiro atoms. The van der Waals surface area contributed by atoms with Crippen LogP contribution >= 0.6 is 0 Å². The lowest BCUT2D eigenvalue weighted by Crippen LogP contribution is -2.30. The first kappa shape index (κ1) is 22.3. The van der Waals surface area contributed by atoms with E-state index in [9.17, 15) is 22.2 Å². The molecule has 0 aliphatic heterocycles. The lowest BCUT2D eigenvalue weighted by molar-refractivity contribution is -0.182. The second-order valence-corrected chi connectivity index (χ2v) is 8.66. The van der Waals surface area contributed by atoms with Gasteiger partial charge in [0.05, 0.1) is 35.6 Å². The van der Waals surface area contributed by atoms with Crippen LogP contribution in [0.5, 0.6) is 0 Å². The van der Waals surface area contributed by atoms with E-state index in [1.54, 1.807) is 27.8 Å². The molecule has 1 aromatic rings. The van der Waals surface area contributed by atoms with Gasteiger partial charge in [0.15, 0.2) is 0 Å². The average Bonchev–Trinajstić information content (AvgIpc) is 2.90. The van der Waals surface area contributed by atoms with Gasteiger partial charge in [0.2, 0.25) is 0 Å². The third-order valence-corrected chi connectivity index (χ3v) is 4.81. The van der Waals surface area contributed by atoms with Crippen molar-refractivity contribution in [1.82, 2.24) is 9.78 Å². The summed E-state index contributed by atoms with van der Waals surface area (Å²) in [5.74, 6) is -2.92. The summed E-state index contributed by atoms with van der Waals surface area (Å²) in [4.78, 5) is 11.6. The molecule has 0 aliphatic rings. The molecule has 0 fully saturated rings. The van der Waals surface area contributed by atoms with Gasteiger partial charge in [-0.1, -0.05) is 0 Å². The third kappa shape index (κ3) is 6.89. The second-order valence-electron chi connectivity index (χ2n) is 6.75. The van der Waals surface area contributed by atoms with E-state index < -0.39 is 46.6 Å². The van der Waals surface area contributed by atoms with Crippen LogP contribution in [0.3, 0.4) is 0 Å². The summed E-state index contributed by atoms with van der Waals surface area (Å²) in [6, 6.07) is 0. The van der Waals surface area contributed by atoms with Gasteiger partial charge in [0.1, 0.15) is 11.0 Å². The van der Waals surface area contributed by atoms with Crippen molar-refractivity contribution in [3.05, 3.63) is 18.0 Å². The van der Waals surface area contributed by atoms with Crippen molar-refractivity contribution in [2.45, 2.75) is 51.5 Å². The second kappa shape index (κ2) is 8.79. The molecule has 1 unspecified atom stereocenters. The van der Waals surface area contributed by atoms with Crippen LogP contribution in [0.15, 0.2) is 16.8 Å². The molecule has 26 heavy (non-hydrogen) atoms. The van der Waals surface area contributed by atoms with Gasteiger partial charge in [-0.15, -0.1) is 0 Å². The summed E-state index contributed by atoms with van der Waals surface area (Å²) < 4.78 is 61.9. The van der Waals surface area contributed by atoms with Crippen molar-refractivity contribution >= 4 is 22.7 Å². The highest BCUT2D eigenvalue weighted by Crippen LogP contribution is 2.33. The van der Waals surface area contributed by atoms with Crippen molar-refractivity contribution in [3.63, 3.8) is 0 Å². The number of aromatic nitrogens is 2. The molecular formula is C16H24F3N3O3S. The fourth-order valence-electron chi connectivity index (χ4n) is 1.97. The number of nitrogens with zero attached hydrogens (tertiary/aromatic N) is 3. The first-order chi connectivity index (χ1) is 11.8. The van der Waals surface area contributed by atoms with Crippen LogP contribution in [0.1, 0.15) is 46.1 Å². The van der Waals surface area contributed by atoms with Gasteiger partial charge in [-0.25, -0.2) is 4.21 Å². The third-order valence-electron chi connectivity index (χ3n) is 3.38. The minimum absolute atomic E-state index is 0.000995. The Balaban J connectivity index is 3.21. The van der Waals surface area contributed by atoms with E-state index in [4.69, 9.17) is 0 Å². The van der Waals surface area contributed by atoms with Gasteiger partial charge >= 0.3 is 12.1 Å². The maximum absolute atomic E-state index is 13.4. The number of ether oxygens (including phenoxy) is 1. The lowest BCUT2D eigenvalue weighted by Gasteiger charge is -2.21. The number of alkyl halides is 3. The van der Waals surface area contributed by atoms with E-state index in [1.807, 2.05) is 0 Å². The minimum Gasteiger partial charge on any atom is -0.466 e. The van der Waals surface area contributed by atoms with Crippen molar-refractivity contribution < 1.29 is 26.9 Å². The average molecular weight is 395 g/mol. The molecule has 1 rings (SSSR count). The normalized spacial score (nSPS) is 15.6. The molecule has 1 aromatic heterocycles. The molecule has 0 aliphatic carbocycles. The smallest absolute Gasteiger partial charge is 0.392 e. The highest BCUT2D eigenvalue weighted by molar-refractivity contribution is 7.85. The standard InChI is InChI=1S/C16H24F3N3O3S/c1-6-25-14(23)8-12(16(17,18)19)7-13(11-9-20-22(5)10-11)21-26(24)15(2,3)4/h9-10,12H,6-8H2,1-5H3/t12-,26?/m0/s1. The van der Waals surface area contributed by atoms with Crippen LogP contribution in [0.25, 0.3) is 0 Å². The van der Waals surface area contributed by atoms with E-state index in [2.05, 4.69) is 14.2 Å². The molecule has 6 nitrogen and oxygen atoms in total. The van der Waals surface area contributed by atoms with Gasteiger partial charge in [-0.05, 0) is 27.7 Å². The molecular weight excluding hydrogens is 371 g/mol. The van der Waals surface area contributed by atoms with Gasteiger partial charge in [0, 0.05) is 25.2 Å². The predicted octanol–water partition coefficient (Wildman–Crippen LogP) is 3.19. The Morgan fingerprint density at radius 2 is 1.96 bits per heavy atom. The van der Waals surface area contributed by atoms with Crippen molar-refractivity contribution in [2.24, 2.45) is 17.4 Å². The molecule has 0 bridgehead atoms. The van der Waals surface area contributed by atoms with Crippen LogP contribution in [0.4, 0.5) is 13.2 Å². The van der Waals surface area contributed by atoms with Gasteiger partial charge in [-0.2, -0.15) is 22.7 Å². The zero-order valence-electron chi connectivity index (χ0n) is 15.5. The summed E-state index contributed by atoms with van der Waals surface area (Å²) in [6.45, 7) is 6.55. The number of carbonyl (C=O) groups is 1. The van der Waals surface area contributed by atoms with E-state index >= 15 is 0 Å². The molecule has 0 aromatic carbocycles. The van der Waals surface area contributed by atoms with Gasteiger partial charge in [0.25, 0.3) is 0 Å². The molecule has 1 heterocycles. The van der Waals surface area contributed by atoms with Gasteiger partial charge in [-0.3, -0.25) is 9.48 Å². The minimum atomic E-state index is -4.63. The molecule has 0 saturated heterocycles. The zero-order valence-corrected chi connectivity index (χ0v) is 16.3. The predicted molar refractivity (Wildman–Crippen MR) is 93.1 cm³/mol. The molecule has 10 heteroatoms. The first-order valence-corrected chi connectivity index (χ1v) is 9.16. The van der Waals surface area contributed by atoms with Crippen molar-refractivity contribution in [3.8, 4) is 0 Å². The summed E-state index contributed by atoms with van der Waals surface area (Å²) >= 11 is 0. The quantitative estimate of drug-likeness (QED) is 0.525. The molecule has 148 valence electrons. The number of esters is 1. The summed E-state index contributed by atoms with van der Waals surface area (Å²) in [5.41, 5.74) is 0.334. The Morgan fingerprint density at radius 3 is 2.38 bits per heavy atom. The number of hydrogen-bond donors (Lipinski definition) is 0. The SMILES string of the molecule is CCOC(=O)C[C@H](CC(=NS(=O)C(C)(C)C)c1cnn(C)c1)C(F)(F)F. The van der Waals surface area contributed by atoms with E-state index in [0.29, 0.717) is 5.56 Å². The van der Waals surface area contributed by atoms with Crippen LogP contribution in [0.2, 0.25) is 0 Å². The molecule has 0 radical (unpaired) electrons. The van der Waals surface area contributed by atoms with Crippen LogP contribution in [0, 0.1) is 5.92 Å². The Hall–Kier alpha value is -1.71. The van der Waals surface area contributed by atoms with Crippen LogP contribution in [-0.2, 0) is 27.6 Å². The summed E-state index contributed by atoms with van der Waals surface area (Å²) in [5, 5.41) is 3.93. The molecule has 2 atom stereocenters. The Kier molecular flexibility index (Phi) is 7.55. The van der Waals surface area contributed by atoms with Gasteiger partial charge < -0.3 is 4.74 Å².